The second kappa shape index (κ2) is 6.22. The third-order valence-electron chi connectivity index (χ3n) is 3.78. The summed E-state index contributed by atoms with van der Waals surface area (Å²) in [7, 11) is -1.84. The van der Waals surface area contributed by atoms with Crippen molar-refractivity contribution in [2.45, 2.75) is 37.3 Å². The predicted molar refractivity (Wildman–Crippen MR) is 77.9 cm³/mol. The van der Waals surface area contributed by atoms with Gasteiger partial charge in [-0.05, 0) is 37.0 Å². The van der Waals surface area contributed by atoms with Gasteiger partial charge in [-0.25, -0.2) is 8.42 Å². The molecule has 0 bridgehead atoms. The van der Waals surface area contributed by atoms with Crippen molar-refractivity contribution < 1.29 is 13.2 Å². The minimum Gasteiger partial charge on any atom is -0.380 e. The molecular formula is C14H22N2O3S. The smallest absolute Gasteiger partial charge is 0.243 e. The Balaban J connectivity index is 2.34. The topological polar surface area (TPSA) is 72.6 Å². The standard InChI is InChI=1S/C14H22N2O3S/c1-11-5-6-12(9-15)8-14(11)20(17,18)16-7-3-4-13(10-16)19-2/h5-6,8,13H,3-4,7,9-10,15H2,1-2H3. The van der Waals surface area contributed by atoms with Crippen LogP contribution in [0.4, 0.5) is 0 Å². The van der Waals surface area contributed by atoms with Crippen LogP contribution in [-0.2, 0) is 21.3 Å². The molecule has 1 aliphatic rings. The summed E-state index contributed by atoms with van der Waals surface area (Å²) in [6.07, 6.45) is 1.72. The number of hydrogen-bond acceptors (Lipinski definition) is 4. The fourth-order valence-corrected chi connectivity index (χ4v) is 4.29. The summed E-state index contributed by atoms with van der Waals surface area (Å²) in [6, 6.07) is 5.36. The third-order valence-corrected chi connectivity index (χ3v) is 5.79. The van der Waals surface area contributed by atoms with Crippen molar-refractivity contribution in [1.82, 2.24) is 4.31 Å². The number of nitrogens with two attached hydrogens (primary N) is 1. The molecule has 2 rings (SSSR count). The van der Waals surface area contributed by atoms with Gasteiger partial charge < -0.3 is 10.5 Å². The first kappa shape index (κ1) is 15.4. The van der Waals surface area contributed by atoms with Crippen LogP contribution >= 0.6 is 0 Å². The maximum atomic E-state index is 12.8. The van der Waals surface area contributed by atoms with E-state index in [4.69, 9.17) is 10.5 Å². The molecule has 1 aliphatic heterocycles. The maximum absolute atomic E-state index is 12.8. The van der Waals surface area contributed by atoms with E-state index in [2.05, 4.69) is 0 Å². The molecule has 0 spiro atoms. The summed E-state index contributed by atoms with van der Waals surface area (Å²) < 4.78 is 32.4. The summed E-state index contributed by atoms with van der Waals surface area (Å²) in [6.45, 7) is 3.12. The highest BCUT2D eigenvalue weighted by Crippen LogP contribution is 2.25. The summed E-state index contributed by atoms with van der Waals surface area (Å²) >= 11 is 0. The van der Waals surface area contributed by atoms with Gasteiger partial charge in [0.2, 0.25) is 10.0 Å². The summed E-state index contributed by atoms with van der Waals surface area (Å²) in [5.74, 6) is 0. The Morgan fingerprint density at radius 3 is 2.85 bits per heavy atom. The van der Waals surface area contributed by atoms with Crippen LogP contribution in [0.15, 0.2) is 23.1 Å². The normalized spacial score (nSPS) is 21.1. The molecule has 1 heterocycles. The molecule has 5 nitrogen and oxygen atoms in total. The SMILES string of the molecule is COC1CCCN(S(=O)(=O)c2cc(CN)ccc2C)C1. The lowest BCUT2D eigenvalue weighted by Gasteiger charge is -2.31. The van der Waals surface area contributed by atoms with Gasteiger partial charge in [0.25, 0.3) is 0 Å². The van der Waals surface area contributed by atoms with Crippen molar-refractivity contribution in [1.29, 1.82) is 0 Å². The number of rotatable bonds is 4. The quantitative estimate of drug-likeness (QED) is 0.908. The van der Waals surface area contributed by atoms with Gasteiger partial charge in [-0.2, -0.15) is 4.31 Å². The second-order valence-corrected chi connectivity index (χ2v) is 7.07. The minimum atomic E-state index is -3.47. The molecule has 0 radical (unpaired) electrons. The van der Waals surface area contributed by atoms with E-state index in [1.807, 2.05) is 19.1 Å². The van der Waals surface area contributed by atoms with E-state index in [0.717, 1.165) is 24.0 Å². The molecule has 112 valence electrons. The van der Waals surface area contributed by atoms with Gasteiger partial charge in [-0.3, -0.25) is 0 Å². The molecule has 20 heavy (non-hydrogen) atoms. The molecule has 1 saturated heterocycles. The van der Waals surface area contributed by atoms with Gasteiger partial charge in [0.05, 0.1) is 11.0 Å². The van der Waals surface area contributed by atoms with Gasteiger partial charge in [0, 0.05) is 26.7 Å². The van der Waals surface area contributed by atoms with Crippen LogP contribution in [0, 0.1) is 6.92 Å². The zero-order chi connectivity index (χ0) is 14.8. The van der Waals surface area contributed by atoms with Crippen molar-refractivity contribution in [3.8, 4) is 0 Å². The van der Waals surface area contributed by atoms with Crippen LogP contribution in [0.1, 0.15) is 24.0 Å². The van der Waals surface area contributed by atoms with E-state index in [1.54, 1.807) is 13.2 Å². The second-order valence-electron chi connectivity index (χ2n) is 5.17. The summed E-state index contributed by atoms with van der Waals surface area (Å²) in [4.78, 5) is 0.359. The number of methoxy groups -OCH3 is 1. The van der Waals surface area contributed by atoms with Crippen LogP contribution < -0.4 is 5.73 Å². The van der Waals surface area contributed by atoms with E-state index in [-0.39, 0.29) is 6.10 Å². The summed E-state index contributed by atoms with van der Waals surface area (Å²) in [5.41, 5.74) is 7.19. The fraction of sp³-hybridized carbons (Fsp3) is 0.571. The molecule has 1 aromatic rings. The van der Waals surface area contributed by atoms with E-state index < -0.39 is 10.0 Å². The Morgan fingerprint density at radius 1 is 1.45 bits per heavy atom. The van der Waals surface area contributed by atoms with Gasteiger partial charge in [-0.15, -0.1) is 0 Å². The van der Waals surface area contributed by atoms with Crippen molar-refractivity contribution in [2.75, 3.05) is 20.2 Å². The lowest BCUT2D eigenvalue weighted by atomic mass is 10.1. The predicted octanol–water partition coefficient (Wildman–Crippen LogP) is 1.25. The minimum absolute atomic E-state index is 0.0171. The number of sulfonamides is 1. The first-order chi connectivity index (χ1) is 9.48. The van der Waals surface area contributed by atoms with Gasteiger partial charge >= 0.3 is 0 Å². The van der Waals surface area contributed by atoms with Crippen LogP contribution in [0.25, 0.3) is 0 Å². The fourth-order valence-electron chi connectivity index (χ4n) is 2.50. The molecule has 1 atom stereocenters. The third kappa shape index (κ3) is 3.03. The van der Waals surface area contributed by atoms with Crippen LogP contribution in [-0.4, -0.2) is 39.0 Å². The zero-order valence-corrected chi connectivity index (χ0v) is 12.8. The molecule has 6 heteroatoms. The van der Waals surface area contributed by atoms with Crippen molar-refractivity contribution in [2.24, 2.45) is 5.73 Å². The van der Waals surface area contributed by atoms with Crippen molar-refractivity contribution in [3.05, 3.63) is 29.3 Å². The number of aryl methyl sites for hydroxylation is 1. The first-order valence-electron chi connectivity index (χ1n) is 6.81. The van der Waals surface area contributed by atoms with Gasteiger partial charge in [-0.1, -0.05) is 12.1 Å². The highest BCUT2D eigenvalue weighted by Gasteiger charge is 2.31. The average Bonchev–Trinajstić information content (AvgIpc) is 2.47. The van der Waals surface area contributed by atoms with Crippen molar-refractivity contribution >= 4 is 10.0 Å². The Morgan fingerprint density at radius 2 is 2.20 bits per heavy atom. The lowest BCUT2D eigenvalue weighted by molar-refractivity contribution is 0.0572. The van der Waals surface area contributed by atoms with Crippen molar-refractivity contribution in [3.63, 3.8) is 0 Å². The number of benzene rings is 1. The van der Waals surface area contributed by atoms with E-state index in [9.17, 15) is 8.42 Å². The Kier molecular flexibility index (Phi) is 4.80. The van der Waals surface area contributed by atoms with E-state index in [1.165, 1.54) is 4.31 Å². The lowest BCUT2D eigenvalue weighted by Crippen LogP contribution is -2.43. The Bertz CT molecular complexity index is 572. The van der Waals surface area contributed by atoms with E-state index in [0.29, 0.717) is 24.5 Å². The van der Waals surface area contributed by atoms with Crippen LogP contribution in [0.3, 0.4) is 0 Å². The highest BCUT2D eigenvalue weighted by molar-refractivity contribution is 7.89. The number of piperidine rings is 1. The zero-order valence-electron chi connectivity index (χ0n) is 12.0. The molecule has 1 unspecified atom stereocenters. The highest BCUT2D eigenvalue weighted by atomic mass is 32.2. The molecular weight excluding hydrogens is 276 g/mol. The summed E-state index contributed by atoms with van der Waals surface area (Å²) in [5, 5.41) is 0. The van der Waals surface area contributed by atoms with Crippen LogP contribution in [0.2, 0.25) is 0 Å². The molecule has 0 amide bonds. The van der Waals surface area contributed by atoms with E-state index >= 15 is 0 Å². The molecule has 2 N–H and O–H groups in total. The first-order valence-corrected chi connectivity index (χ1v) is 8.25. The largest absolute Gasteiger partial charge is 0.380 e. The van der Waals surface area contributed by atoms with Gasteiger partial charge in [0.15, 0.2) is 0 Å². The number of nitrogens with zero attached hydrogens (tertiary/aromatic N) is 1. The molecule has 0 saturated carbocycles. The maximum Gasteiger partial charge on any atom is 0.243 e. The molecule has 0 aromatic heterocycles. The molecule has 1 fully saturated rings. The average molecular weight is 298 g/mol. The Hall–Kier alpha value is -0.950. The van der Waals surface area contributed by atoms with Crippen LogP contribution in [0.5, 0.6) is 0 Å². The molecule has 0 aliphatic carbocycles. The van der Waals surface area contributed by atoms with Gasteiger partial charge in [0.1, 0.15) is 0 Å². The molecule has 1 aromatic carbocycles. The Labute approximate surface area is 120 Å². The number of ether oxygens (including phenoxy) is 1. The monoisotopic (exact) mass is 298 g/mol. The number of hydrogen-bond donors (Lipinski definition) is 1.